The zero-order chi connectivity index (χ0) is 13.1. The molecule has 1 saturated heterocycles. The van der Waals surface area contributed by atoms with Gasteiger partial charge in [0.1, 0.15) is 5.82 Å². The smallest absolute Gasteiger partial charge is 0.224 e. The third-order valence-corrected chi connectivity index (χ3v) is 3.51. The molecule has 1 amide bonds. The molecule has 0 radical (unpaired) electrons. The molecule has 2 rings (SSSR count). The van der Waals surface area contributed by atoms with Gasteiger partial charge in [0.25, 0.3) is 0 Å². The molecule has 6 nitrogen and oxygen atoms in total. The average Bonchev–Trinajstić information content (AvgIpc) is 2.81. The third-order valence-electron chi connectivity index (χ3n) is 2.95. The van der Waals surface area contributed by atoms with Gasteiger partial charge in [-0.2, -0.15) is 4.98 Å². The average molecular weight is 314 g/mol. The molecule has 7 heteroatoms. The highest BCUT2D eigenvalue weighted by Crippen LogP contribution is 2.29. The van der Waals surface area contributed by atoms with Crippen LogP contribution in [0.1, 0.15) is 13.3 Å². The number of hydrogen-bond acceptors (Lipinski definition) is 5. The predicted octanol–water partition coefficient (Wildman–Crippen LogP) is 0.982. The first-order chi connectivity index (χ1) is 8.61. The Balaban J connectivity index is 2.18. The van der Waals surface area contributed by atoms with Gasteiger partial charge in [0.15, 0.2) is 0 Å². The number of nitrogens with one attached hydrogen (secondary N) is 1. The summed E-state index contributed by atoms with van der Waals surface area (Å²) in [6.45, 7) is 4.17. The zero-order valence-corrected chi connectivity index (χ0v) is 11.8. The standard InChI is InChI=1S/C11H16BrN5O/c1-2-14-11-15-5-8(12)10(16-11)17-4-3-7(6-17)9(13)18/h5,7H,2-4,6H2,1H3,(H2,13,18)(H,14,15,16). The maximum absolute atomic E-state index is 11.2. The van der Waals surface area contributed by atoms with Crippen LogP contribution in [-0.4, -0.2) is 35.5 Å². The third kappa shape index (κ3) is 2.72. The van der Waals surface area contributed by atoms with E-state index in [1.165, 1.54) is 0 Å². The highest BCUT2D eigenvalue weighted by atomic mass is 79.9. The van der Waals surface area contributed by atoms with Crippen LogP contribution >= 0.6 is 15.9 Å². The van der Waals surface area contributed by atoms with Gasteiger partial charge in [0.2, 0.25) is 11.9 Å². The van der Waals surface area contributed by atoms with E-state index in [9.17, 15) is 4.79 Å². The summed E-state index contributed by atoms with van der Waals surface area (Å²) in [5.74, 6) is 1.08. The summed E-state index contributed by atoms with van der Waals surface area (Å²) >= 11 is 3.44. The van der Waals surface area contributed by atoms with Crippen molar-refractivity contribution in [2.45, 2.75) is 13.3 Å². The lowest BCUT2D eigenvalue weighted by Gasteiger charge is -2.19. The molecule has 98 valence electrons. The Bertz CT molecular complexity index is 453. The van der Waals surface area contributed by atoms with Crippen molar-refractivity contribution in [2.24, 2.45) is 11.7 Å². The molecule has 1 aliphatic rings. The molecule has 1 atom stereocenters. The van der Waals surface area contributed by atoms with E-state index in [2.05, 4.69) is 36.1 Å². The zero-order valence-electron chi connectivity index (χ0n) is 10.2. The van der Waals surface area contributed by atoms with Crippen LogP contribution in [0.5, 0.6) is 0 Å². The minimum Gasteiger partial charge on any atom is -0.369 e. The van der Waals surface area contributed by atoms with E-state index in [1.807, 2.05) is 6.92 Å². The van der Waals surface area contributed by atoms with E-state index < -0.39 is 0 Å². The number of primary amides is 1. The van der Waals surface area contributed by atoms with Crippen LogP contribution in [0.3, 0.4) is 0 Å². The number of nitrogens with two attached hydrogens (primary N) is 1. The molecule has 0 saturated carbocycles. The van der Waals surface area contributed by atoms with Gasteiger partial charge in [-0.3, -0.25) is 4.79 Å². The van der Waals surface area contributed by atoms with Gasteiger partial charge in [-0.15, -0.1) is 0 Å². The number of nitrogens with zero attached hydrogens (tertiary/aromatic N) is 3. The molecule has 0 spiro atoms. The van der Waals surface area contributed by atoms with Gasteiger partial charge >= 0.3 is 0 Å². The van der Waals surface area contributed by atoms with Gasteiger partial charge in [-0.25, -0.2) is 4.98 Å². The van der Waals surface area contributed by atoms with Crippen molar-refractivity contribution in [3.8, 4) is 0 Å². The van der Waals surface area contributed by atoms with E-state index in [-0.39, 0.29) is 11.8 Å². The van der Waals surface area contributed by atoms with Crippen LogP contribution in [0.4, 0.5) is 11.8 Å². The molecule has 0 aliphatic carbocycles. The monoisotopic (exact) mass is 313 g/mol. The molecular formula is C11H16BrN5O. The summed E-state index contributed by atoms with van der Waals surface area (Å²) in [6, 6.07) is 0. The van der Waals surface area contributed by atoms with Gasteiger partial charge in [-0.1, -0.05) is 0 Å². The van der Waals surface area contributed by atoms with Crippen molar-refractivity contribution in [3.05, 3.63) is 10.7 Å². The first-order valence-electron chi connectivity index (χ1n) is 5.92. The van der Waals surface area contributed by atoms with Gasteiger partial charge in [0, 0.05) is 25.8 Å². The van der Waals surface area contributed by atoms with Crippen LogP contribution in [0.25, 0.3) is 0 Å². The van der Waals surface area contributed by atoms with Gasteiger partial charge in [0.05, 0.1) is 10.4 Å². The Morgan fingerprint density at radius 3 is 3.11 bits per heavy atom. The summed E-state index contributed by atoms with van der Waals surface area (Å²) in [7, 11) is 0. The molecule has 1 unspecified atom stereocenters. The van der Waals surface area contributed by atoms with Crippen molar-refractivity contribution >= 4 is 33.6 Å². The number of rotatable bonds is 4. The van der Waals surface area contributed by atoms with Crippen molar-refractivity contribution < 1.29 is 4.79 Å². The SMILES string of the molecule is CCNc1ncc(Br)c(N2CCC(C(N)=O)C2)n1. The quantitative estimate of drug-likeness (QED) is 0.865. The second kappa shape index (κ2) is 5.51. The number of carbonyl (C=O) groups excluding carboxylic acids is 1. The van der Waals surface area contributed by atoms with Crippen LogP contribution < -0.4 is 16.0 Å². The second-order valence-corrected chi connectivity index (χ2v) is 5.08. The summed E-state index contributed by atoms with van der Waals surface area (Å²) in [5.41, 5.74) is 5.33. The number of hydrogen-bond donors (Lipinski definition) is 2. The minimum atomic E-state index is -0.241. The summed E-state index contributed by atoms with van der Waals surface area (Å²) in [5, 5.41) is 3.07. The summed E-state index contributed by atoms with van der Waals surface area (Å²) in [4.78, 5) is 21.8. The van der Waals surface area contributed by atoms with Crippen molar-refractivity contribution in [1.82, 2.24) is 9.97 Å². The molecule has 3 N–H and O–H groups in total. The van der Waals surface area contributed by atoms with Gasteiger partial charge in [-0.05, 0) is 29.3 Å². The minimum absolute atomic E-state index is 0.0885. The first-order valence-corrected chi connectivity index (χ1v) is 6.71. The number of carbonyl (C=O) groups is 1. The predicted molar refractivity (Wildman–Crippen MR) is 73.4 cm³/mol. The largest absolute Gasteiger partial charge is 0.369 e. The fraction of sp³-hybridized carbons (Fsp3) is 0.545. The van der Waals surface area contributed by atoms with Crippen molar-refractivity contribution in [2.75, 3.05) is 29.9 Å². The lowest BCUT2D eigenvalue weighted by Crippen LogP contribution is -2.28. The topological polar surface area (TPSA) is 84.1 Å². The summed E-state index contributed by atoms with van der Waals surface area (Å²) in [6.07, 6.45) is 2.50. The van der Waals surface area contributed by atoms with Crippen LogP contribution in [0.2, 0.25) is 0 Å². The Morgan fingerprint density at radius 2 is 2.50 bits per heavy atom. The molecule has 0 bridgehead atoms. The van der Waals surface area contributed by atoms with E-state index >= 15 is 0 Å². The van der Waals surface area contributed by atoms with Crippen LogP contribution in [0, 0.1) is 5.92 Å². The highest BCUT2D eigenvalue weighted by Gasteiger charge is 2.28. The maximum atomic E-state index is 11.2. The van der Waals surface area contributed by atoms with E-state index in [0.29, 0.717) is 12.5 Å². The van der Waals surface area contributed by atoms with Crippen LogP contribution in [0.15, 0.2) is 10.7 Å². The number of anilines is 2. The van der Waals surface area contributed by atoms with Crippen LogP contribution in [-0.2, 0) is 4.79 Å². The number of amides is 1. The number of aromatic nitrogens is 2. The second-order valence-electron chi connectivity index (χ2n) is 4.23. The molecule has 0 aromatic carbocycles. The molecule has 2 heterocycles. The Hall–Kier alpha value is -1.37. The Morgan fingerprint density at radius 1 is 1.72 bits per heavy atom. The van der Waals surface area contributed by atoms with Crippen molar-refractivity contribution in [1.29, 1.82) is 0 Å². The first kappa shape index (κ1) is 13.1. The summed E-state index contributed by atoms with van der Waals surface area (Å²) < 4.78 is 0.828. The molecule has 1 aromatic rings. The van der Waals surface area contributed by atoms with E-state index in [4.69, 9.17) is 5.73 Å². The van der Waals surface area contributed by atoms with E-state index in [1.54, 1.807) is 6.20 Å². The number of halogens is 1. The van der Waals surface area contributed by atoms with Gasteiger partial charge < -0.3 is 16.0 Å². The maximum Gasteiger partial charge on any atom is 0.224 e. The lowest BCUT2D eigenvalue weighted by molar-refractivity contribution is -0.121. The highest BCUT2D eigenvalue weighted by molar-refractivity contribution is 9.10. The normalized spacial score (nSPS) is 19.0. The molecular weight excluding hydrogens is 298 g/mol. The molecule has 1 aromatic heterocycles. The lowest BCUT2D eigenvalue weighted by atomic mass is 10.1. The van der Waals surface area contributed by atoms with Crippen molar-refractivity contribution in [3.63, 3.8) is 0 Å². The fourth-order valence-corrected chi connectivity index (χ4v) is 2.45. The van der Waals surface area contributed by atoms with E-state index in [0.717, 1.165) is 29.8 Å². The Labute approximate surface area is 114 Å². The molecule has 1 aliphatic heterocycles. The molecule has 18 heavy (non-hydrogen) atoms. The molecule has 1 fully saturated rings. The Kier molecular flexibility index (Phi) is 4.00. The fourth-order valence-electron chi connectivity index (χ4n) is 2.01.